The fraction of sp³-hybridized carbons (Fsp3) is 0.0714. The monoisotopic (exact) mass is 438 g/mol. The summed E-state index contributed by atoms with van der Waals surface area (Å²) in [7, 11) is 2.46. The largest absolute Gasteiger partial charge is 0.269 e. The van der Waals surface area contributed by atoms with E-state index in [0.29, 0.717) is 20.4 Å². The van der Waals surface area contributed by atoms with Gasteiger partial charge in [-0.25, -0.2) is 0 Å². The fourth-order valence-electron chi connectivity index (χ4n) is 1.70. The third-order valence-corrected chi connectivity index (χ3v) is 6.18. The van der Waals surface area contributed by atoms with E-state index < -0.39 is 8.72 Å². The van der Waals surface area contributed by atoms with Crippen LogP contribution in [0, 0.1) is 21.4 Å². The van der Waals surface area contributed by atoms with E-state index in [1.54, 1.807) is 18.2 Å². The molecule has 0 aliphatic heterocycles. The van der Waals surface area contributed by atoms with Crippen molar-refractivity contribution < 1.29 is 4.92 Å². The van der Waals surface area contributed by atoms with Gasteiger partial charge >= 0.3 is 0 Å². The van der Waals surface area contributed by atoms with Crippen LogP contribution >= 0.6 is 68.0 Å². The molecule has 2 aromatic rings. The summed E-state index contributed by atoms with van der Waals surface area (Å²) in [5, 5.41) is 20.4. The first-order valence-electron chi connectivity index (χ1n) is 6.13. The minimum atomic E-state index is -1.82. The number of alkyl halides is 3. The summed E-state index contributed by atoms with van der Waals surface area (Å²) in [6.45, 7) is 0. The van der Waals surface area contributed by atoms with Crippen molar-refractivity contribution in [3.8, 4) is 6.07 Å². The molecule has 0 aliphatic carbocycles. The van der Waals surface area contributed by atoms with Crippen LogP contribution in [0.3, 0.4) is 0 Å². The maximum absolute atomic E-state index is 10.9. The predicted molar refractivity (Wildman–Crippen MR) is 100 cm³/mol. The Bertz CT molecular complexity index is 834. The molecule has 0 radical (unpaired) electrons. The average molecular weight is 440 g/mol. The lowest BCUT2D eigenvalue weighted by Gasteiger charge is -2.15. The Balaban J connectivity index is 2.36. The average Bonchev–Trinajstić information content (AvgIpc) is 2.51. The van der Waals surface area contributed by atoms with Gasteiger partial charge in [0.2, 0.25) is 3.79 Å². The topological polar surface area (TPSA) is 66.9 Å². The summed E-state index contributed by atoms with van der Waals surface area (Å²) < 4.78 is -1.82. The lowest BCUT2D eigenvalue weighted by atomic mass is 10.2. The highest BCUT2D eigenvalue weighted by atomic mass is 35.6. The van der Waals surface area contributed by atoms with E-state index in [-0.39, 0.29) is 11.3 Å². The molecule has 0 heterocycles. The molecule has 10 heteroatoms. The number of hydrogen-bond acceptors (Lipinski definition) is 5. The zero-order valence-corrected chi connectivity index (χ0v) is 16.2. The van der Waals surface area contributed by atoms with Gasteiger partial charge in [0.25, 0.3) is 5.69 Å². The summed E-state index contributed by atoms with van der Waals surface area (Å²) in [6.07, 6.45) is 0. The smallest absolute Gasteiger partial charge is 0.258 e. The second-order valence-corrected chi connectivity index (χ2v) is 9.23. The Morgan fingerprint density at radius 1 is 1.12 bits per heavy atom. The molecule has 0 aromatic heterocycles. The van der Waals surface area contributed by atoms with E-state index in [2.05, 4.69) is 0 Å². The van der Waals surface area contributed by atoms with Gasteiger partial charge in [0.1, 0.15) is 6.07 Å². The number of benzene rings is 2. The molecule has 0 N–H and O–H groups in total. The van der Waals surface area contributed by atoms with Crippen molar-refractivity contribution in [2.24, 2.45) is 0 Å². The van der Waals surface area contributed by atoms with Crippen LogP contribution in [-0.4, -0.2) is 4.92 Å². The predicted octanol–water partition coefficient (Wildman–Crippen LogP) is 6.75. The van der Waals surface area contributed by atoms with E-state index >= 15 is 0 Å². The van der Waals surface area contributed by atoms with E-state index in [1.165, 1.54) is 39.8 Å². The van der Waals surface area contributed by atoms with E-state index in [1.807, 2.05) is 6.07 Å². The molecule has 0 saturated carbocycles. The first-order valence-corrected chi connectivity index (χ1v) is 9.79. The lowest BCUT2D eigenvalue weighted by Crippen LogP contribution is -2.03. The van der Waals surface area contributed by atoms with E-state index in [9.17, 15) is 15.4 Å². The number of non-ortho nitro benzene ring substituents is 1. The Hall–Kier alpha value is -0.810. The molecule has 0 saturated heterocycles. The third kappa shape index (κ3) is 4.63. The molecule has 0 amide bonds. The molecular formula is C14H6Cl4N2O2S2. The molecule has 2 rings (SSSR count). The first-order chi connectivity index (χ1) is 11.2. The molecular weight excluding hydrogens is 434 g/mol. The van der Waals surface area contributed by atoms with E-state index in [4.69, 9.17) is 46.4 Å². The second-order valence-electron chi connectivity index (χ2n) is 4.33. The standard InChI is InChI=1S/C14H6Cl4N2O2S2/c15-11-2-1-3-12(9(11)7-19)23-24-13-5-4-8(20(21)22)6-10(13)14(16,17)18/h1-6H. The number of nitriles is 1. The molecule has 0 unspecified atom stereocenters. The number of halogens is 4. The second kappa shape index (κ2) is 8.05. The van der Waals surface area contributed by atoms with Gasteiger partial charge in [-0.05, 0) is 18.2 Å². The van der Waals surface area contributed by atoms with Gasteiger partial charge in [-0.2, -0.15) is 5.26 Å². The molecule has 0 fully saturated rings. The number of hydrogen-bond donors (Lipinski definition) is 0. The van der Waals surface area contributed by atoms with Crippen LogP contribution in [0.1, 0.15) is 11.1 Å². The summed E-state index contributed by atoms with van der Waals surface area (Å²) in [5.41, 5.74) is 0.361. The van der Waals surface area contributed by atoms with Gasteiger partial charge in [0, 0.05) is 27.5 Å². The van der Waals surface area contributed by atoms with Crippen LogP contribution in [0.15, 0.2) is 46.2 Å². The lowest BCUT2D eigenvalue weighted by molar-refractivity contribution is -0.385. The summed E-state index contributed by atoms with van der Waals surface area (Å²) >= 11 is 23.7. The molecule has 0 bridgehead atoms. The SMILES string of the molecule is N#Cc1c(Cl)cccc1SSc1ccc([N+](=O)[O-])cc1C(Cl)(Cl)Cl. The van der Waals surface area contributed by atoms with Crippen molar-refractivity contribution in [3.05, 3.63) is 62.7 Å². The van der Waals surface area contributed by atoms with Crippen molar-refractivity contribution in [1.82, 2.24) is 0 Å². The van der Waals surface area contributed by atoms with Gasteiger partial charge in [-0.1, -0.05) is 74.1 Å². The number of nitrogens with zero attached hydrogens (tertiary/aromatic N) is 2. The highest BCUT2D eigenvalue weighted by Gasteiger charge is 2.29. The molecule has 0 spiro atoms. The van der Waals surface area contributed by atoms with Crippen molar-refractivity contribution in [2.45, 2.75) is 13.6 Å². The van der Waals surface area contributed by atoms with Gasteiger partial charge in [-0.15, -0.1) is 0 Å². The first kappa shape index (κ1) is 19.5. The van der Waals surface area contributed by atoms with Gasteiger partial charge < -0.3 is 0 Å². The highest BCUT2D eigenvalue weighted by molar-refractivity contribution is 8.76. The zero-order valence-electron chi connectivity index (χ0n) is 11.5. The molecule has 0 aliphatic rings. The Morgan fingerprint density at radius 3 is 2.38 bits per heavy atom. The molecule has 0 atom stereocenters. The van der Waals surface area contributed by atoms with Gasteiger partial charge in [0.05, 0.1) is 15.5 Å². The maximum Gasteiger partial charge on any atom is 0.269 e. The number of rotatable bonds is 4. The molecule has 4 nitrogen and oxygen atoms in total. The van der Waals surface area contributed by atoms with Crippen molar-refractivity contribution in [3.63, 3.8) is 0 Å². The van der Waals surface area contributed by atoms with Crippen molar-refractivity contribution >= 4 is 73.7 Å². The molecule has 24 heavy (non-hydrogen) atoms. The fourth-order valence-corrected chi connectivity index (χ4v) is 4.98. The number of nitro groups is 1. The van der Waals surface area contributed by atoms with Crippen molar-refractivity contribution in [1.29, 1.82) is 5.26 Å². The maximum atomic E-state index is 10.9. The quantitative estimate of drug-likeness (QED) is 0.228. The third-order valence-electron chi connectivity index (χ3n) is 2.79. The van der Waals surface area contributed by atoms with Gasteiger partial charge in [0.15, 0.2) is 0 Å². The Morgan fingerprint density at radius 2 is 1.79 bits per heavy atom. The van der Waals surface area contributed by atoms with Gasteiger partial charge in [-0.3, -0.25) is 10.1 Å². The number of nitro benzene ring substituents is 1. The minimum absolute atomic E-state index is 0.175. The van der Waals surface area contributed by atoms with Crippen LogP contribution in [0.5, 0.6) is 0 Å². The summed E-state index contributed by atoms with van der Waals surface area (Å²) in [6, 6.07) is 11.2. The molecule has 124 valence electrons. The van der Waals surface area contributed by atoms with Crippen molar-refractivity contribution in [2.75, 3.05) is 0 Å². The van der Waals surface area contributed by atoms with Crippen LogP contribution in [0.25, 0.3) is 0 Å². The molecule has 2 aromatic carbocycles. The van der Waals surface area contributed by atoms with Crippen LogP contribution in [0.4, 0.5) is 5.69 Å². The normalized spacial score (nSPS) is 11.1. The van der Waals surface area contributed by atoms with Crippen LogP contribution < -0.4 is 0 Å². The zero-order chi connectivity index (χ0) is 17.9. The summed E-state index contributed by atoms with van der Waals surface area (Å²) in [5.74, 6) is 0. The highest BCUT2D eigenvalue weighted by Crippen LogP contribution is 2.49. The minimum Gasteiger partial charge on any atom is -0.258 e. The van der Waals surface area contributed by atoms with Crippen LogP contribution in [0.2, 0.25) is 5.02 Å². The Kier molecular flexibility index (Phi) is 6.54. The van der Waals surface area contributed by atoms with Crippen LogP contribution in [-0.2, 0) is 3.79 Å². The summed E-state index contributed by atoms with van der Waals surface area (Å²) in [4.78, 5) is 11.5. The van der Waals surface area contributed by atoms with E-state index in [0.717, 1.165) is 0 Å². The Labute approximate surface area is 165 Å².